The van der Waals surface area contributed by atoms with E-state index in [-0.39, 0.29) is 23.1 Å². The zero-order valence-corrected chi connectivity index (χ0v) is 11.7. The summed E-state index contributed by atoms with van der Waals surface area (Å²) in [5.74, 6) is 0.679. The highest BCUT2D eigenvalue weighted by Gasteiger charge is 2.12. The van der Waals surface area contributed by atoms with Crippen LogP contribution in [-0.4, -0.2) is 36.0 Å². The lowest BCUT2D eigenvalue weighted by Gasteiger charge is -2.16. The van der Waals surface area contributed by atoms with Crippen molar-refractivity contribution < 1.29 is 4.79 Å². The first-order valence-electron chi connectivity index (χ1n) is 5.07. The number of thioether (sulfide) groups is 1. The molecule has 0 aromatic carbocycles. The predicted octanol–water partition coefficient (Wildman–Crippen LogP) is 1.67. The molecule has 0 spiro atoms. The number of likely N-dealkylation sites (N-methyl/N-ethyl adjacent to an activating group) is 1. The Morgan fingerprint density at radius 2 is 1.87 bits per heavy atom. The van der Waals surface area contributed by atoms with Gasteiger partial charge in [-0.05, 0) is 6.54 Å². The smallest absolute Gasteiger partial charge is 0.230 e. The normalized spacial score (nSPS) is 10.7. The van der Waals surface area contributed by atoms with Crippen LogP contribution in [0.2, 0.25) is 0 Å². The van der Waals surface area contributed by atoms with Crippen molar-refractivity contribution in [2.45, 2.75) is 32.4 Å². The van der Waals surface area contributed by atoms with Crippen LogP contribution in [0.4, 0.5) is 0 Å². The van der Waals surface area contributed by atoms with E-state index in [2.05, 4.69) is 38.3 Å². The summed E-state index contributed by atoms with van der Waals surface area (Å²) in [6.45, 7) is 10.9. The first-order valence-corrected chi connectivity index (χ1v) is 6.05. The van der Waals surface area contributed by atoms with Gasteiger partial charge < -0.3 is 10.6 Å². The molecule has 0 aliphatic rings. The van der Waals surface area contributed by atoms with Gasteiger partial charge in [0.15, 0.2) is 0 Å². The Labute approximate surface area is 104 Å². The molecule has 0 atom stereocenters. The fraction of sp³-hybridized carbons (Fsp3) is 0.900. The second-order valence-electron chi connectivity index (χ2n) is 4.10. The van der Waals surface area contributed by atoms with Crippen molar-refractivity contribution in [3.63, 3.8) is 0 Å². The molecule has 0 fully saturated rings. The Balaban J connectivity index is 0. The highest BCUT2D eigenvalue weighted by Crippen LogP contribution is 2.22. The lowest BCUT2D eigenvalue weighted by molar-refractivity contribution is -0.118. The summed E-state index contributed by atoms with van der Waals surface area (Å²) < 4.78 is 0.166. The SMILES string of the molecule is CCNCCNC(=O)CSC(C)(C)C.Cl. The summed E-state index contributed by atoms with van der Waals surface area (Å²) in [6.07, 6.45) is 0. The number of rotatable bonds is 6. The lowest BCUT2D eigenvalue weighted by atomic mass is 10.3. The number of nitrogens with one attached hydrogen (secondary N) is 2. The van der Waals surface area contributed by atoms with E-state index in [4.69, 9.17) is 0 Å². The molecule has 0 aromatic heterocycles. The molecule has 0 rings (SSSR count). The van der Waals surface area contributed by atoms with Crippen LogP contribution in [-0.2, 0) is 4.79 Å². The van der Waals surface area contributed by atoms with Crippen molar-refractivity contribution in [2.24, 2.45) is 0 Å². The Morgan fingerprint density at radius 1 is 1.27 bits per heavy atom. The zero-order valence-electron chi connectivity index (χ0n) is 10.1. The Kier molecular flexibility index (Phi) is 10.8. The number of hydrogen-bond acceptors (Lipinski definition) is 3. The lowest BCUT2D eigenvalue weighted by Crippen LogP contribution is -2.33. The second kappa shape index (κ2) is 9.31. The van der Waals surface area contributed by atoms with Gasteiger partial charge in [0.2, 0.25) is 5.91 Å². The maximum Gasteiger partial charge on any atom is 0.230 e. The molecule has 15 heavy (non-hydrogen) atoms. The van der Waals surface area contributed by atoms with Gasteiger partial charge in [0.1, 0.15) is 0 Å². The summed E-state index contributed by atoms with van der Waals surface area (Å²) >= 11 is 1.67. The number of carbonyl (C=O) groups is 1. The third-order valence-corrected chi connectivity index (χ3v) is 2.78. The fourth-order valence-corrected chi connectivity index (χ4v) is 1.47. The summed E-state index contributed by atoms with van der Waals surface area (Å²) in [4.78, 5) is 11.3. The molecule has 92 valence electrons. The predicted molar refractivity (Wildman–Crippen MR) is 71.0 cm³/mol. The van der Waals surface area contributed by atoms with Gasteiger partial charge in [0.25, 0.3) is 0 Å². The molecule has 3 nitrogen and oxygen atoms in total. The maximum atomic E-state index is 11.3. The standard InChI is InChI=1S/C10H22N2OS.ClH/c1-5-11-6-7-12-9(13)8-14-10(2,3)4;/h11H,5-8H2,1-4H3,(H,12,13);1H. The topological polar surface area (TPSA) is 41.1 Å². The largest absolute Gasteiger partial charge is 0.354 e. The highest BCUT2D eigenvalue weighted by atomic mass is 35.5. The van der Waals surface area contributed by atoms with Crippen molar-refractivity contribution >= 4 is 30.1 Å². The van der Waals surface area contributed by atoms with E-state index < -0.39 is 0 Å². The first kappa shape index (κ1) is 17.5. The molecule has 0 bridgehead atoms. The zero-order chi connectivity index (χ0) is 11.0. The van der Waals surface area contributed by atoms with Gasteiger partial charge >= 0.3 is 0 Å². The van der Waals surface area contributed by atoms with Crippen LogP contribution in [0.1, 0.15) is 27.7 Å². The van der Waals surface area contributed by atoms with Gasteiger partial charge in [-0.15, -0.1) is 24.2 Å². The average molecular weight is 255 g/mol. The summed E-state index contributed by atoms with van der Waals surface area (Å²) in [7, 11) is 0. The molecular formula is C10H23ClN2OS. The first-order chi connectivity index (χ1) is 6.45. The van der Waals surface area contributed by atoms with E-state index in [1.54, 1.807) is 11.8 Å². The van der Waals surface area contributed by atoms with Gasteiger partial charge in [0, 0.05) is 17.8 Å². The van der Waals surface area contributed by atoms with Crippen molar-refractivity contribution in [1.82, 2.24) is 10.6 Å². The van der Waals surface area contributed by atoms with Crippen molar-refractivity contribution in [2.75, 3.05) is 25.4 Å². The van der Waals surface area contributed by atoms with Crippen LogP contribution in [0.25, 0.3) is 0 Å². The molecule has 5 heteroatoms. The molecule has 0 saturated carbocycles. The van der Waals surface area contributed by atoms with Crippen LogP contribution in [0, 0.1) is 0 Å². The minimum Gasteiger partial charge on any atom is -0.354 e. The number of halogens is 1. The van der Waals surface area contributed by atoms with Gasteiger partial charge in [-0.3, -0.25) is 4.79 Å². The van der Waals surface area contributed by atoms with Gasteiger partial charge in [0.05, 0.1) is 5.75 Å². The quantitative estimate of drug-likeness (QED) is 0.709. The van der Waals surface area contributed by atoms with Gasteiger partial charge in [-0.2, -0.15) is 0 Å². The summed E-state index contributed by atoms with van der Waals surface area (Å²) in [6, 6.07) is 0. The fourth-order valence-electron chi connectivity index (χ4n) is 0.800. The summed E-state index contributed by atoms with van der Waals surface area (Å²) in [5, 5.41) is 6.02. The van der Waals surface area contributed by atoms with Crippen molar-refractivity contribution in [3.05, 3.63) is 0 Å². The molecule has 0 radical (unpaired) electrons. The van der Waals surface area contributed by atoms with E-state index in [1.165, 1.54) is 0 Å². The second-order valence-corrected chi connectivity index (χ2v) is 5.91. The van der Waals surface area contributed by atoms with E-state index in [0.29, 0.717) is 5.75 Å². The minimum absolute atomic E-state index is 0. The molecule has 2 N–H and O–H groups in total. The van der Waals surface area contributed by atoms with Gasteiger partial charge in [-0.1, -0.05) is 27.7 Å². The van der Waals surface area contributed by atoms with Crippen molar-refractivity contribution in [3.8, 4) is 0 Å². The Morgan fingerprint density at radius 3 is 2.33 bits per heavy atom. The number of carbonyl (C=O) groups excluding carboxylic acids is 1. The highest BCUT2D eigenvalue weighted by molar-refractivity contribution is 8.01. The molecule has 0 aliphatic heterocycles. The van der Waals surface area contributed by atoms with E-state index in [9.17, 15) is 4.79 Å². The van der Waals surface area contributed by atoms with Crippen molar-refractivity contribution in [1.29, 1.82) is 0 Å². The molecule has 0 unspecified atom stereocenters. The Bertz CT molecular complexity index is 171. The molecule has 0 aromatic rings. The molecule has 0 heterocycles. The third kappa shape index (κ3) is 14.1. The molecule has 0 saturated heterocycles. The molecule has 0 aliphatic carbocycles. The van der Waals surface area contributed by atoms with Crippen LogP contribution in [0.15, 0.2) is 0 Å². The molecule has 1 amide bonds. The summed E-state index contributed by atoms with van der Waals surface area (Å²) in [5.41, 5.74) is 0. The van der Waals surface area contributed by atoms with Crippen LogP contribution in [0.3, 0.4) is 0 Å². The van der Waals surface area contributed by atoms with Crippen LogP contribution in [0.5, 0.6) is 0 Å². The van der Waals surface area contributed by atoms with Gasteiger partial charge in [-0.25, -0.2) is 0 Å². The van der Waals surface area contributed by atoms with Crippen LogP contribution >= 0.6 is 24.2 Å². The minimum atomic E-state index is 0. The maximum absolute atomic E-state index is 11.3. The third-order valence-electron chi connectivity index (χ3n) is 1.51. The van der Waals surface area contributed by atoms with E-state index >= 15 is 0 Å². The van der Waals surface area contributed by atoms with E-state index in [1.807, 2.05) is 0 Å². The number of hydrogen-bond donors (Lipinski definition) is 2. The molecular weight excluding hydrogens is 232 g/mol. The average Bonchev–Trinajstić information content (AvgIpc) is 2.08. The monoisotopic (exact) mass is 254 g/mol. The number of amides is 1. The Hall–Kier alpha value is 0.0700. The van der Waals surface area contributed by atoms with Crippen LogP contribution < -0.4 is 10.6 Å². The van der Waals surface area contributed by atoms with E-state index in [0.717, 1.165) is 19.6 Å².